The largest absolute Gasteiger partial charge is 0.490 e. The first-order valence-corrected chi connectivity index (χ1v) is 9.26. The van der Waals surface area contributed by atoms with Crippen LogP contribution in [0.15, 0.2) is 47.8 Å². The summed E-state index contributed by atoms with van der Waals surface area (Å²) < 4.78 is 11.3. The summed E-state index contributed by atoms with van der Waals surface area (Å²) in [5.74, 6) is 1.01. The van der Waals surface area contributed by atoms with Crippen LogP contribution in [0.5, 0.6) is 11.5 Å². The van der Waals surface area contributed by atoms with Crippen molar-refractivity contribution in [1.82, 2.24) is 4.98 Å². The van der Waals surface area contributed by atoms with Gasteiger partial charge in [0.05, 0.1) is 18.9 Å². The van der Waals surface area contributed by atoms with Crippen LogP contribution < -0.4 is 15.2 Å². The van der Waals surface area contributed by atoms with Crippen LogP contribution in [0.4, 0.5) is 0 Å². The van der Waals surface area contributed by atoms with E-state index in [1.165, 1.54) is 0 Å². The number of primary amides is 1. The van der Waals surface area contributed by atoms with Gasteiger partial charge in [0.15, 0.2) is 11.5 Å². The number of thiazole rings is 1. The molecule has 6 heteroatoms. The van der Waals surface area contributed by atoms with E-state index < -0.39 is 5.91 Å². The predicted octanol–water partition coefficient (Wildman–Crippen LogP) is 4.37. The Morgan fingerprint density at radius 2 is 1.65 bits per heavy atom. The second-order valence-electron chi connectivity index (χ2n) is 5.51. The van der Waals surface area contributed by atoms with Gasteiger partial charge in [0.25, 0.3) is 0 Å². The molecule has 0 saturated heterocycles. The van der Waals surface area contributed by atoms with Gasteiger partial charge in [0.1, 0.15) is 5.01 Å². The molecule has 0 unspecified atom stereocenters. The van der Waals surface area contributed by atoms with Crippen molar-refractivity contribution in [1.29, 1.82) is 0 Å². The number of nitrogens with two attached hydrogens (primary N) is 1. The maximum Gasteiger partial charge on any atom is 0.248 e. The molecule has 0 spiro atoms. The highest BCUT2D eigenvalue weighted by Crippen LogP contribution is 2.35. The molecule has 0 saturated carbocycles. The summed E-state index contributed by atoms with van der Waals surface area (Å²) in [5.41, 5.74) is 8.53. The number of carbonyl (C=O) groups excluding carboxylic acids is 1. The molecule has 2 aromatic carbocycles. The van der Waals surface area contributed by atoms with Crippen molar-refractivity contribution in [3.8, 4) is 33.3 Å². The van der Waals surface area contributed by atoms with Gasteiger partial charge in [-0.05, 0) is 44.2 Å². The van der Waals surface area contributed by atoms with Crippen LogP contribution in [0.25, 0.3) is 21.8 Å². The van der Waals surface area contributed by atoms with E-state index in [2.05, 4.69) is 0 Å². The third-order valence-electron chi connectivity index (χ3n) is 3.76. The van der Waals surface area contributed by atoms with Crippen LogP contribution >= 0.6 is 11.3 Å². The summed E-state index contributed by atoms with van der Waals surface area (Å²) in [7, 11) is 0. The van der Waals surface area contributed by atoms with Gasteiger partial charge in [0.2, 0.25) is 5.91 Å². The van der Waals surface area contributed by atoms with Crippen molar-refractivity contribution in [3.05, 3.63) is 53.4 Å². The zero-order valence-corrected chi connectivity index (χ0v) is 15.5. The fraction of sp³-hybridized carbons (Fsp3) is 0.200. The first kappa shape index (κ1) is 17.9. The zero-order valence-electron chi connectivity index (χ0n) is 14.7. The van der Waals surface area contributed by atoms with Gasteiger partial charge in [-0.3, -0.25) is 4.79 Å². The minimum atomic E-state index is -0.437. The minimum Gasteiger partial charge on any atom is -0.490 e. The minimum absolute atomic E-state index is 0.437. The zero-order chi connectivity index (χ0) is 18.5. The number of carbonyl (C=O) groups is 1. The van der Waals surface area contributed by atoms with Crippen molar-refractivity contribution in [2.45, 2.75) is 13.8 Å². The normalized spacial score (nSPS) is 10.5. The molecule has 3 rings (SSSR count). The number of amides is 1. The lowest BCUT2D eigenvalue weighted by Crippen LogP contribution is -2.10. The number of aromatic nitrogens is 1. The van der Waals surface area contributed by atoms with Gasteiger partial charge in [-0.15, -0.1) is 11.3 Å². The highest BCUT2D eigenvalue weighted by Gasteiger charge is 2.11. The molecule has 5 nitrogen and oxygen atoms in total. The maximum atomic E-state index is 11.2. The molecular formula is C20H20N2O3S. The van der Waals surface area contributed by atoms with Crippen LogP contribution in [0, 0.1) is 0 Å². The van der Waals surface area contributed by atoms with Gasteiger partial charge in [-0.2, -0.15) is 0 Å². The van der Waals surface area contributed by atoms with E-state index in [0.29, 0.717) is 18.8 Å². The highest BCUT2D eigenvalue weighted by atomic mass is 32.1. The first-order valence-electron chi connectivity index (χ1n) is 8.38. The molecule has 134 valence electrons. The van der Waals surface area contributed by atoms with Crippen molar-refractivity contribution in [2.75, 3.05) is 13.2 Å². The van der Waals surface area contributed by atoms with Crippen LogP contribution in [0.2, 0.25) is 0 Å². The monoisotopic (exact) mass is 368 g/mol. The Hall–Kier alpha value is -2.86. The van der Waals surface area contributed by atoms with E-state index in [-0.39, 0.29) is 0 Å². The van der Waals surface area contributed by atoms with Gasteiger partial charge in [-0.1, -0.05) is 12.1 Å². The number of rotatable bonds is 7. The van der Waals surface area contributed by atoms with E-state index >= 15 is 0 Å². The summed E-state index contributed by atoms with van der Waals surface area (Å²) >= 11 is 1.55. The van der Waals surface area contributed by atoms with Gasteiger partial charge in [0, 0.05) is 22.1 Å². The van der Waals surface area contributed by atoms with Crippen LogP contribution in [0.1, 0.15) is 24.2 Å². The molecule has 2 N–H and O–H groups in total. The Labute approximate surface area is 156 Å². The molecule has 0 radical (unpaired) electrons. The van der Waals surface area contributed by atoms with Crippen molar-refractivity contribution < 1.29 is 14.3 Å². The molecule has 26 heavy (non-hydrogen) atoms. The van der Waals surface area contributed by atoms with E-state index in [9.17, 15) is 4.79 Å². The fourth-order valence-electron chi connectivity index (χ4n) is 2.53. The van der Waals surface area contributed by atoms with Gasteiger partial charge >= 0.3 is 0 Å². The Kier molecular flexibility index (Phi) is 5.53. The molecule has 1 amide bonds. The molecule has 1 aromatic heterocycles. The number of hydrogen-bond donors (Lipinski definition) is 1. The molecule has 0 bridgehead atoms. The number of ether oxygens (including phenoxy) is 2. The van der Waals surface area contributed by atoms with E-state index in [4.69, 9.17) is 20.2 Å². The Bertz CT molecular complexity index is 904. The lowest BCUT2D eigenvalue weighted by molar-refractivity contribution is 0.100. The Morgan fingerprint density at radius 1 is 1.00 bits per heavy atom. The molecular weight excluding hydrogens is 348 g/mol. The topological polar surface area (TPSA) is 74.4 Å². The van der Waals surface area contributed by atoms with Gasteiger partial charge < -0.3 is 15.2 Å². The third-order valence-corrected chi connectivity index (χ3v) is 4.65. The molecule has 1 heterocycles. The quantitative estimate of drug-likeness (QED) is 0.672. The number of nitrogens with zero attached hydrogens (tertiary/aromatic N) is 1. The van der Waals surface area contributed by atoms with E-state index in [1.54, 1.807) is 23.5 Å². The molecule has 0 aliphatic heterocycles. The summed E-state index contributed by atoms with van der Waals surface area (Å²) in [4.78, 5) is 15.9. The fourth-order valence-corrected chi connectivity index (χ4v) is 3.35. The number of hydrogen-bond acceptors (Lipinski definition) is 5. The Balaban J connectivity index is 1.89. The van der Waals surface area contributed by atoms with Crippen LogP contribution in [-0.2, 0) is 0 Å². The smallest absolute Gasteiger partial charge is 0.248 e. The first-order chi connectivity index (χ1) is 12.6. The van der Waals surface area contributed by atoms with Crippen LogP contribution in [0.3, 0.4) is 0 Å². The average Bonchev–Trinajstić information content (AvgIpc) is 3.14. The summed E-state index contributed by atoms with van der Waals surface area (Å²) in [5, 5.41) is 2.88. The Morgan fingerprint density at radius 3 is 2.31 bits per heavy atom. The molecule has 0 aliphatic rings. The highest BCUT2D eigenvalue weighted by molar-refractivity contribution is 7.13. The van der Waals surface area contributed by atoms with Gasteiger partial charge in [-0.25, -0.2) is 4.98 Å². The van der Waals surface area contributed by atoms with Crippen LogP contribution in [-0.4, -0.2) is 24.1 Å². The summed E-state index contributed by atoms with van der Waals surface area (Å²) in [6.45, 7) is 5.04. The second-order valence-corrected chi connectivity index (χ2v) is 6.37. The van der Waals surface area contributed by atoms with Crippen molar-refractivity contribution in [2.24, 2.45) is 5.73 Å². The standard InChI is InChI=1S/C20H20N2O3S/c1-3-24-17-10-9-15(11-18(17)25-4-2)20-22-16(12-26-20)13-5-7-14(8-6-13)19(21)23/h5-12H,3-4H2,1-2H3,(H2,21,23). The predicted molar refractivity (Wildman–Crippen MR) is 104 cm³/mol. The second kappa shape index (κ2) is 8.01. The molecule has 3 aromatic rings. The third kappa shape index (κ3) is 3.86. The number of benzene rings is 2. The SMILES string of the molecule is CCOc1ccc(-c2nc(-c3ccc(C(N)=O)cc3)cs2)cc1OCC. The molecule has 0 atom stereocenters. The lowest BCUT2D eigenvalue weighted by Gasteiger charge is -2.11. The average molecular weight is 368 g/mol. The summed E-state index contributed by atoms with van der Waals surface area (Å²) in [6.07, 6.45) is 0. The van der Waals surface area contributed by atoms with Crippen molar-refractivity contribution >= 4 is 17.2 Å². The molecule has 0 fully saturated rings. The maximum absolute atomic E-state index is 11.2. The van der Waals surface area contributed by atoms with Crippen molar-refractivity contribution in [3.63, 3.8) is 0 Å². The molecule has 0 aliphatic carbocycles. The van der Waals surface area contributed by atoms with E-state index in [0.717, 1.165) is 33.3 Å². The summed E-state index contributed by atoms with van der Waals surface area (Å²) in [6, 6.07) is 13.0. The van der Waals surface area contributed by atoms with E-state index in [1.807, 2.05) is 49.6 Å². The lowest BCUT2D eigenvalue weighted by atomic mass is 10.1.